The van der Waals surface area contributed by atoms with E-state index in [4.69, 9.17) is 4.74 Å². The van der Waals surface area contributed by atoms with Crippen LogP contribution in [0.15, 0.2) is 73.1 Å². The van der Waals surface area contributed by atoms with Crippen LogP contribution in [0.2, 0.25) is 0 Å². The standard InChI is InChI=1S/C19H18N4O2/c24-19(22-13-15-7-3-1-4-8-15)23-17-18(21-12-11-20-17)25-14-16-9-5-2-6-10-16/h1-12H,13-14H2,(H2,20,22,23,24). The lowest BCUT2D eigenvalue weighted by Gasteiger charge is -2.11. The third kappa shape index (κ3) is 5.04. The van der Waals surface area contributed by atoms with Crippen LogP contribution in [0.1, 0.15) is 11.1 Å². The molecule has 0 spiro atoms. The summed E-state index contributed by atoms with van der Waals surface area (Å²) >= 11 is 0. The molecule has 2 amide bonds. The Balaban J connectivity index is 1.57. The number of carbonyl (C=O) groups excluding carboxylic acids is 1. The van der Waals surface area contributed by atoms with Gasteiger partial charge in [-0.15, -0.1) is 0 Å². The third-order valence-corrected chi connectivity index (χ3v) is 3.41. The summed E-state index contributed by atoms with van der Waals surface area (Å²) in [5.74, 6) is 0.560. The number of benzene rings is 2. The van der Waals surface area contributed by atoms with Crippen molar-refractivity contribution in [2.75, 3.05) is 5.32 Å². The minimum Gasteiger partial charge on any atom is -0.470 e. The van der Waals surface area contributed by atoms with E-state index in [-0.39, 0.29) is 17.7 Å². The summed E-state index contributed by atoms with van der Waals surface area (Å²) in [5.41, 5.74) is 2.02. The highest BCUT2D eigenvalue weighted by molar-refractivity contribution is 5.89. The maximum absolute atomic E-state index is 12.1. The van der Waals surface area contributed by atoms with Crippen LogP contribution >= 0.6 is 0 Å². The van der Waals surface area contributed by atoms with E-state index < -0.39 is 0 Å². The molecule has 1 aromatic heterocycles. The first-order valence-electron chi connectivity index (χ1n) is 7.88. The number of nitrogens with one attached hydrogen (secondary N) is 2. The Hall–Kier alpha value is -3.41. The van der Waals surface area contributed by atoms with E-state index in [0.717, 1.165) is 11.1 Å². The second kappa shape index (κ2) is 8.44. The van der Waals surface area contributed by atoms with Crippen molar-refractivity contribution in [3.05, 3.63) is 84.2 Å². The largest absolute Gasteiger partial charge is 0.470 e. The topological polar surface area (TPSA) is 76.1 Å². The number of hydrogen-bond donors (Lipinski definition) is 2. The molecule has 3 rings (SSSR count). The normalized spacial score (nSPS) is 10.1. The van der Waals surface area contributed by atoms with Gasteiger partial charge in [-0.1, -0.05) is 60.7 Å². The van der Waals surface area contributed by atoms with Gasteiger partial charge in [0.2, 0.25) is 0 Å². The first-order chi connectivity index (χ1) is 12.3. The highest BCUT2D eigenvalue weighted by Crippen LogP contribution is 2.18. The van der Waals surface area contributed by atoms with Crippen LogP contribution in [-0.4, -0.2) is 16.0 Å². The molecule has 0 saturated carbocycles. The van der Waals surface area contributed by atoms with Gasteiger partial charge in [0.1, 0.15) is 6.61 Å². The molecule has 25 heavy (non-hydrogen) atoms. The summed E-state index contributed by atoms with van der Waals surface area (Å²) in [5, 5.41) is 5.44. The van der Waals surface area contributed by atoms with E-state index >= 15 is 0 Å². The van der Waals surface area contributed by atoms with Crippen molar-refractivity contribution in [2.24, 2.45) is 0 Å². The van der Waals surface area contributed by atoms with Gasteiger partial charge in [-0.05, 0) is 11.1 Å². The van der Waals surface area contributed by atoms with Gasteiger partial charge in [-0.25, -0.2) is 14.8 Å². The van der Waals surface area contributed by atoms with Gasteiger partial charge < -0.3 is 10.1 Å². The number of amides is 2. The van der Waals surface area contributed by atoms with Crippen LogP contribution in [-0.2, 0) is 13.2 Å². The lowest BCUT2D eigenvalue weighted by atomic mass is 10.2. The monoisotopic (exact) mass is 334 g/mol. The molecule has 0 aliphatic rings. The fourth-order valence-electron chi connectivity index (χ4n) is 2.17. The fraction of sp³-hybridized carbons (Fsp3) is 0.105. The quantitative estimate of drug-likeness (QED) is 0.724. The van der Waals surface area contributed by atoms with Crippen molar-refractivity contribution < 1.29 is 9.53 Å². The molecular weight excluding hydrogens is 316 g/mol. The zero-order valence-electron chi connectivity index (χ0n) is 13.6. The van der Waals surface area contributed by atoms with Crippen molar-refractivity contribution in [1.29, 1.82) is 0 Å². The van der Waals surface area contributed by atoms with Crippen molar-refractivity contribution in [3.63, 3.8) is 0 Å². The van der Waals surface area contributed by atoms with Crippen LogP contribution in [0.3, 0.4) is 0 Å². The molecule has 0 radical (unpaired) electrons. The van der Waals surface area contributed by atoms with Crippen LogP contribution in [0, 0.1) is 0 Å². The van der Waals surface area contributed by atoms with Gasteiger partial charge in [0.25, 0.3) is 5.88 Å². The first kappa shape index (κ1) is 16.4. The number of ether oxygens (including phenoxy) is 1. The SMILES string of the molecule is O=C(NCc1ccccc1)Nc1nccnc1OCc1ccccc1. The van der Waals surface area contributed by atoms with Gasteiger partial charge in [-0.3, -0.25) is 5.32 Å². The molecule has 0 aliphatic carbocycles. The summed E-state index contributed by atoms with van der Waals surface area (Å²) in [4.78, 5) is 20.3. The molecule has 1 heterocycles. The number of anilines is 1. The Kier molecular flexibility index (Phi) is 5.56. The van der Waals surface area contributed by atoms with E-state index in [1.807, 2.05) is 60.7 Å². The van der Waals surface area contributed by atoms with E-state index in [1.54, 1.807) is 0 Å². The fourth-order valence-corrected chi connectivity index (χ4v) is 2.17. The Labute approximate surface area is 145 Å². The number of carbonyl (C=O) groups is 1. The highest BCUT2D eigenvalue weighted by atomic mass is 16.5. The van der Waals surface area contributed by atoms with E-state index in [9.17, 15) is 4.79 Å². The van der Waals surface area contributed by atoms with Crippen molar-refractivity contribution in [2.45, 2.75) is 13.2 Å². The van der Waals surface area contributed by atoms with Gasteiger partial charge >= 0.3 is 6.03 Å². The zero-order valence-corrected chi connectivity index (χ0v) is 13.6. The average molecular weight is 334 g/mol. The molecular formula is C19H18N4O2. The molecule has 0 atom stereocenters. The van der Waals surface area contributed by atoms with Gasteiger partial charge in [0, 0.05) is 18.9 Å². The molecule has 0 bridgehead atoms. The van der Waals surface area contributed by atoms with E-state index in [1.165, 1.54) is 12.4 Å². The lowest BCUT2D eigenvalue weighted by molar-refractivity contribution is 0.251. The smallest absolute Gasteiger partial charge is 0.320 e. The van der Waals surface area contributed by atoms with Crippen LogP contribution in [0.25, 0.3) is 0 Å². The summed E-state index contributed by atoms with van der Waals surface area (Å²) in [6.45, 7) is 0.771. The summed E-state index contributed by atoms with van der Waals surface area (Å²) in [6.07, 6.45) is 3.02. The van der Waals surface area contributed by atoms with Crippen LogP contribution in [0.4, 0.5) is 10.6 Å². The molecule has 126 valence electrons. The number of rotatable bonds is 6. The number of hydrogen-bond acceptors (Lipinski definition) is 4. The van der Waals surface area contributed by atoms with Crippen molar-refractivity contribution >= 4 is 11.8 Å². The van der Waals surface area contributed by atoms with Crippen molar-refractivity contribution in [1.82, 2.24) is 15.3 Å². The predicted molar refractivity (Wildman–Crippen MR) is 95.1 cm³/mol. The average Bonchev–Trinajstić information content (AvgIpc) is 2.67. The Morgan fingerprint density at radius 2 is 1.52 bits per heavy atom. The molecule has 2 aromatic carbocycles. The second-order valence-corrected chi connectivity index (χ2v) is 5.28. The second-order valence-electron chi connectivity index (χ2n) is 5.28. The van der Waals surface area contributed by atoms with Gasteiger partial charge in [-0.2, -0.15) is 0 Å². The summed E-state index contributed by atoms with van der Waals surface area (Å²) < 4.78 is 5.67. The maximum atomic E-state index is 12.1. The third-order valence-electron chi connectivity index (χ3n) is 3.41. The van der Waals surface area contributed by atoms with E-state index in [2.05, 4.69) is 20.6 Å². The molecule has 0 saturated heterocycles. The van der Waals surface area contributed by atoms with Gasteiger partial charge in [0.05, 0.1) is 0 Å². The first-order valence-corrected chi connectivity index (χ1v) is 7.88. The number of nitrogens with zero attached hydrogens (tertiary/aromatic N) is 2. The molecule has 3 aromatic rings. The summed E-state index contributed by atoms with van der Waals surface area (Å²) in [7, 11) is 0. The molecule has 0 aliphatic heterocycles. The molecule has 6 heteroatoms. The molecule has 2 N–H and O–H groups in total. The Morgan fingerprint density at radius 1 is 0.880 bits per heavy atom. The molecule has 0 fully saturated rings. The summed E-state index contributed by atoms with van der Waals surface area (Å²) in [6, 6.07) is 19.0. The van der Waals surface area contributed by atoms with Crippen LogP contribution < -0.4 is 15.4 Å². The maximum Gasteiger partial charge on any atom is 0.320 e. The molecule has 6 nitrogen and oxygen atoms in total. The molecule has 0 unspecified atom stereocenters. The number of urea groups is 1. The lowest BCUT2D eigenvalue weighted by Crippen LogP contribution is -2.28. The van der Waals surface area contributed by atoms with Crippen LogP contribution in [0.5, 0.6) is 5.88 Å². The van der Waals surface area contributed by atoms with E-state index in [0.29, 0.717) is 13.2 Å². The number of aromatic nitrogens is 2. The highest BCUT2D eigenvalue weighted by Gasteiger charge is 2.10. The zero-order chi connectivity index (χ0) is 17.3. The van der Waals surface area contributed by atoms with Gasteiger partial charge in [0.15, 0.2) is 5.82 Å². The van der Waals surface area contributed by atoms with Crippen molar-refractivity contribution in [3.8, 4) is 5.88 Å². The minimum atomic E-state index is -0.367. The Morgan fingerprint density at radius 3 is 2.24 bits per heavy atom. The minimum absolute atomic E-state index is 0.279. The Bertz CT molecular complexity index is 810. The predicted octanol–water partition coefficient (Wildman–Crippen LogP) is 3.38.